The SMILES string of the molecule is O=C(Nc1ccc(Oc2ccccc2)cc1)C(F)(F)N1C(F)(F)C(F)(C(F)(F)F)OC(F)(C(F)(F)F)C1(F)F. The molecule has 2 atom stereocenters. The van der Waals surface area contributed by atoms with Gasteiger partial charge >= 0.3 is 48.1 Å². The maximum atomic E-state index is 14.6. The van der Waals surface area contributed by atoms with Crippen molar-refractivity contribution in [1.82, 2.24) is 4.90 Å². The predicted molar refractivity (Wildman–Crippen MR) is 99.1 cm³/mol. The molecule has 0 spiro atoms. The molecule has 2 aromatic carbocycles. The number of para-hydroxylation sites is 1. The summed E-state index contributed by atoms with van der Waals surface area (Å²) in [7, 11) is 0. The second-order valence-electron chi connectivity index (χ2n) is 7.64. The lowest BCUT2D eigenvalue weighted by Gasteiger charge is -2.54. The van der Waals surface area contributed by atoms with Gasteiger partial charge in [-0.25, -0.2) is 0 Å². The summed E-state index contributed by atoms with van der Waals surface area (Å²) in [5.74, 6) is -18.2. The van der Waals surface area contributed by atoms with E-state index in [0.29, 0.717) is 12.1 Å². The van der Waals surface area contributed by atoms with Crippen molar-refractivity contribution in [3.63, 3.8) is 0 Å². The molecule has 1 aliphatic rings. The number of rotatable bonds is 5. The van der Waals surface area contributed by atoms with E-state index in [9.17, 15) is 66.3 Å². The molecule has 216 valence electrons. The minimum atomic E-state index is -7.52. The summed E-state index contributed by atoms with van der Waals surface area (Å²) in [6, 6.07) is -11.1. The normalized spacial score (nSPS) is 25.7. The summed E-state index contributed by atoms with van der Waals surface area (Å²) in [5.41, 5.74) is -0.871. The number of carbonyl (C=O) groups excluding carboxylic acids is 1. The van der Waals surface area contributed by atoms with Crippen molar-refractivity contribution in [2.45, 2.75) is 42.2 Å². The molecule has 5 nitrogen and oxygen atoms in total. The Morgan fingerprint density at radius 2 is 1.10 bits per heavy atom. The summed E-state index contributed by atoms with van der Waals surface area (Å²) in [5, 5.41) is 0.977. The number of hydrogen-bond donors (Lipinski definition) is 1. The fourth-order valence-electron chi connectivity index (χ4n) is 3.13. The lowest BCUT2D eigenvalue weighted by molar-refractivity contribution is -0.592. The summed E-state index contributed by atoms with van der Waals surface area (Å²) in [4.78, 5) is 8.19. The molecular weight excluding hydrogens is 582 g/mol. The van der Waals surface area contributed by atoms with Gasteiger partial charge in [0.25, 0.3) is 0 Å². The van der Waals surface area contributed by atoms with Gasteiger partial charge in [0.2, 0.25) is 0 Å². The van der Waals surface area contributed by atoms with Crippen LogP contribution in [0.2, 0.25) is 0 Å². The molecule has 2 unspecified atom stereocenters. The number of halogens is 14. The Hall–Kier alpha value is -3.35. The van der Waals surface area contributed by atoms with Gasteiger partial charge in [-0.05, 0) is 36.4 Å². The maximum Gasteiger partial charge on any atom is 0.456 e. The third kappa shape index (κ3) is 4.70. The Balaban J connectivity index is 2.01. The molecule has 1 saturated heterocycles. The van der Waals surface area contributed by atoms with Crippen molar-refractivity contribution in [2.24, 2.45) is 0 Å². The summed E-state index contributed by atoms with van der Waals surface area (Å²) in [6.07, 6.45) is -15.0. The molecule has 1 aliphatic heterocycles. The van der Waals surface area contributed by atoms with Crippen LogP contribution in [0.25, 0.3) is 0 Å². The number of morpholine rings is 1. The quantitative estimate of drug-likeness (QED) is 0.301. The first-order chi connectivity index (χ1) is 17.5. The molecule has 0 saturated carbocycles. The number of alkyl halides is 14. The fourth-order valence-corrected chi connectivity index (χ4v) is 3.13. The van der Waals surface area contributed by atoms with Crippen LogP contribution in [0, 0.1) is 0 Å². The highest BCUT2D eigenvalue weighted by Crippen LogP contribution is 2.64. The number of amides is 1. The fraction of sp³-hybridized carbons (Fsp3) is 0.350. The molecule has 1 N–H and O–H groups in total. The minimum absolute atomic E-state index is 0.0583. The first kappa shape index (κ1) is 30.2. The van der Waals surface area contributed by atoms with E-state index >= 15 is 0 Å². The van der Waals surface area contributed by atoms with Gasteiger partial charge in [0.1, 0.15) is 11.5 Å². The smallest absolute Gasteiger partial charge is 0.456 e. The maximum absolute atomic E-state index is 14.6. The van der Waals surface area contributed by atoms with Crippen LogP contribution in [0.1, 0.15) is 0 Å². The van der Waals surface area contributed by atoms with Crippen LogP contribution in [-0.2, 0) is 9.53 Å². The molecule has 0 bridgehead atoms. The Morgan fingerprint density at radius 1 is 0.692 bits per heavy atom. The van der Waals surface area contributed by atoms with Crippen molar-refractivity contribution in [2.75, 3.05) is 5.32 Å². The van der Waals surface area contributed by atoms with E-state index in [-0.39, 0.29) is 11.5 Å². The predicted octanol–water partition coefficient (Wildman–Crippen LogP) is 6.98. The zero-order valence-corrected chi connectivity index (χ0v) is 18.2. The van der Waals surface area contributed by atoms with Crippen molar-refractivity contribution >= 4 is 11.6 Å². The molecule has 1 heterocycles. The van der Waals surface area contributed by atoms with E-state index < -0.39 is 58.7 Å². The summed E-state index contributed by atoms with van der Waals surface area (Å²) in [6.45, 7) is 0. The van der Waals surface area contributed by atoms with Gasteiger partial charge in [-0.15, -0.1) is 4.90 Å². The first-order valence-electron chi connectivity index (χ1n) is 9.82. The molecular formula is C20H10F14N2O3. The lowest BCUT2D eigenvalue weighted by Crippen LogP contribution is -2.85. The average Bonchev–Trinajstić information content (AvgIpc) is 2.78. The molecule has 0 aliphatic carbocycles. The van der Waals surface area contributed by atoms with Crippen LogP contribution in [0.15, 0.2) is 54.6 Å². The van der Waals surface area contributed by atoms with Crippen LogP contribution in [-0.4, -0.2) is 53.0 Å². The number of nitrogens with one attached hydrogen (secondary N) is 1. The van der Waals surface area contributed by atoms with Gasteiger partial charge in [0.05, 0.1) is 0 Å². The van der Waals surface area contributed by atoms with E-state index in [2.05, 4.69) is 0 Å². The van der Waals surface area contributed by atoms with E-state index in [1.165, 1.54) is 12.1 Å². The first-order valence-corrected chi connectivity index (χ1v) is 9.82. The molecule has 3 rings (SSSR count). The second-order valence-corrected chi connectivity index (χ2v) is 7.64. The summed E-state index contributed by atoms with van der Waals surface area (Å²) >= 11 is 0. The van der Waals surface area contributed by atoms with Crippen LogP contribution in [0.4, 0.5) is 67.2 Å². The van der Waals surface area contributed by atoms with Crippen LogP contribution in [0.5, 0.6) is 11.5 Å². The van der Waals surface area contributed by atoms with E-state index in [4.69, 9.17) is 4.74 Å². The Kier molecular flexibility index (Phi) is 7.05. The molecule has 0 radical (unpaired) electrons. The highest BCUT2D eigenvalue weighted by Gasteiger charge is 2.95. The molecule has 1 amide bonds. The van der Waals surface area contributed by atoms with Crippen LogP contribution < -0.4 is 10.1 Å². The second kappa shape index (κ2) is 9.10. The Labute approximate surface area is 206 Å². The van der Waals surface area contributed by atoms with Crippen molar-refractivity contribution in [3.05, 3.63) is 54.6 Å². The lowest BCUT2D eigenvalue weighted by atomic mass is 10.0. The van der Waals surface area contributed by atoms with Crippen LogP contribution in [0.3, 0.4) is 0 Å². The van der Waals surface area contributed by atoms with Gasteiger partial charge in [-0.2, -0.15) is 61.5 Å². The van der Waals surface area contributed by atoms with Crippen molar-refractivity contribution < 1.29 is 75.7 Å². The highest BCUT2D eigenvalue weighted by atomic mass is 19.4. The Bertz CT molecular complexity index is 1160. The minimum Gasteiger partial charge on any atom is -0.457 e. The van der Waals surface area contributed by atoms with Gasteiger partial charge in [0.15, 0.2) is 0 Å². The van der Waals surface area contributed by atoms with E-state index in [1.54, 1.807) is 18.2 Å². The number of nitrogens with zero attached hydrogens (tertiary/aromatic N) is 1. The topological polar surface area (TPSA) is 50.8 Å². The summed E-state index contributed by atoms with van der Waals surface area (Å²) < 4.78 is 200. The molecule has 2 aromatic rings. The monoisotopic (exact) mass is 592 g/mol. The van der Waals surface area contributed by atoms with Gasteiger partial charge < -0.3 is 10.1 Å². The zero-order valence-electron chi connectivity index (χ0n) is 18.2. The van der Waals surface area contributed by atoms with E-state index in [0.717, 1.165) is 17.4 Å². The largest absolute Gasteiger partial charge is 0.457 e. The third-order valence-corrected chi connectivity index (χ3v) is 4.99. The van der Waals surface area contributed by atoms with Crippen molar-refractivity contribution in [3.8, 4) is 11.5 Å². The van der Waals surface area contributed by atoms with Crippen LogP contribution >= 0.6 is 0 Å². The van der Waals surface area contributed by atoms with Crippen molar-refractivity contribution in [1.29, 1.82) is 0 Å². The third-order valence-electron chi connectivity index (χ3n) is 4.99. The molecule has 19 heteroatoms. The van der Waals surface area contributed by atoms with Gasteiger partial charge in [-0.3, -0.25) is 9.53 Å². The standard InChI is InChI=1S/C20H10F14N2O3/c21-14(22,13(37)35-10-6-8-12(9-7-10)38-11-4-2-1-3-5-11)36-19(31,32)15(23,17(25,26)27)39-16(24,18(28,29)30)20(36,33)34/h1-9H,(H,35,37). The number of anilines is 1. The van der Waals surface area contributed by atoms with Gasteiger partial charge in [-0.1, -0.05) is 18.2 Å². The highest BCUT2D eigenvalue weighted by molar-refractivity contribution is 5.96. The number of hydrogen-bond acceptors (Lipinski definition) is 4. The molecule has 0 aromatic heterocycles. The average molecular weight is 592 g/mol. The molecule has 39 heavy (non-hydrogen) atoms. The number of benzene rings is 2. The van der Waals surface area contributed by atoms with Gasteiger partial charge in [0, 0.05) is 5.69 Å². The molecule has 1 fully saturated rings. The van der Waals surface area contributed by atoms with E-state index in [1.807, 2.05) is 4.74 Å². The number of carbonyl (C=O) groups is 1. The number of ether oxygens (including phenoxy) is 2. The Morgan fingerprint density at radius 3 is 1.51 bits per heavy atom. The zero-order chi connectivity index (χ0) is 29.9.